The molecule has 1 fully saturated rings. The molecule has 1 aliphatic rings. The molecule has 1 heterocycles. The van der Waals surface area contributed by atoms with Gasteiger partial charge in [0.05, 0.1) is 13.2 Å². The van der Waals surface area contributed by atoms with E-state index in [2.05, 4.69) is 0 Å². The molecule has 64 valence electrons. The summed E-state index contributed by atoms with van der Waals surface area (Å²) in [4.78, 5) is 10.6. The quantitative estimate of drug-likeness (QED) is 0.556. The predicted molar refractivity (Wildman–Crippen MR) is 36.7 cm³/mol. The molecule has 0 unspecified atom stereocenters. The van der Waals surface area contributed by atoms with Gasteiger partial charge in [0.25, 0.3) is 0 Å². The zero-order valence-electron chi connectivity index (χ0n) is 6.75. The summed E-state index contributed by atoms with van der Waals surface area (Å²) in [7, 11) is 0. The van der Waals surface area contributed by atoms with Gasteiger partial charge in [0.1, 0.15) is 0 Å². The van der Waals surface area contributed by atoms with Gasteiger partial charge >= 0.3 is 11.9 Å². The van der Waals surface area contributed by atoms with Crippen molar-refractivity contribution in [3.63, 3.8) is 0 Å². The number of carbonyl (C=O) groups excluding carboxylic acids is 1. The van der Waals surface area contributed by atoms with E-state index in [1.807, 2.05) is 6.92 Å². The van der Waals surface area contributed by atoms with Crippen molar-refractivity contribution in [2.24, 2.45) is 0 Å². The van der Waals surface area contributed by atoms with Gasteiger partial charge in [-0.1, -0.05) is 6.92 Å². The Bertz CT molecular complexity index is 149. The number of ether oxygens (including phenoxy) is 3. The van der Waals surface area contributed by atoms with E-state index < -0.39 is 5.97 Å². The largest absolute Gasteiger partial charge is 0.408 e. The van der Waals surface area contributed by atoms with Gasteiger partial charge in [0.15, 0.2) is 0 Å². The summed E-state index contributed by atoms with van der Waals surface area (Å²) in [6.45, 7) is 4.15. The average Bonchev–Trinajstić information content (AvgIpc) is 2.36. The molecule has 1 saturated heterocycles. The van der Waals surface area contributed by atoms with Crippen LogP contribution in [0.3, 0.4) is 0 Å². The van der Waals surface area contributed by atoms with Crippen LogP contribution < -0.4 is 0 Å². The summed E-state index contributed by atoms with van der Waals surface area (Å²) < 4.78 is 15.1. The van der Waals surface area contributed by atoms with Gasteiger partial charge in [-0.05, 0) is 0 Å². The van der Waals surface area contributed by atoms with Crippen molar-refractivity contribution in [3.8, 4) is 0 Å². The van der Waals surface area contributed by atoms with E-state index in [-0.39, 0.29) is 5.97 Å². The highest BCUT2D eigenvalue weighted by atomic mass is 16.9. The molecule has 0 aliphatic carbocycles. The molecule has 0 aromatic carbocycles. The minimum atomic E-state index is -1.09. The molecule has 0 bridgehead atoms. The van der Waals surface area contributed by atoms with E-state index in [9.17, 15) is 4.79 Å². The molecule has 0 radical (unpaired) electrons. The molecule has 0 aromatic heterocycles. The van der Waals surface area contributed by atoms with Crippen LogP contribution in [0.25, 0.3) is 0 Å². The van der Waals surface area contributed by atoms with E-state index in [0.29, 0.717) is 19.6 Å². The van der Waals surface area contributed by atoms with E-state index in [1.54, 1.807) is 0 Å². The minimum absolute atomic E-state index is 0.381. The molecule has 0 spiro atoms. The van der Waals surface area contributed by atoms with Crippen LogP contribution >= 0.6 is 0 Å². The van der Waals surface area contributed by atoms with E-state index in [4.69, 9.17) is 14.2 Å². The normalized spacial score (nSPS) is 21.6. The van der Waals surface area contributed by atoms with Gasteiger partial charge in [0, 0.05) is 13.3 Å². The Balaban J connectivity index is 2.52. The molecule has 0 N–H and O–H groups in total. The van der Waals surface area contributed by atoms with Crippen LogP contribution in [0.15, 0.2) is 0 Å². The Hall–Kier alpha value is -0.610. The number of esters is 1. The summed E-state index contributed by atoms with van der Waals surface area (Å²) in [6, 6.07) is 0. The van der Waals surface area contributed by atoms with Crippen molar-refractivity contribution in [3.05, 3.63) is 0 Å². The Labute approximate surface area is 65.4 Å². The lowest BCUT2D eigenvalue weighted by molar-refractivity contribution is -0.313. The number of hydrogen-bond donors (Lipinski definition) is 0. The van der Waals surface area contributed by atoms with Crippen LogP contribution in [0.4, 0.5) is 0 Å². The first-order valence-electron chi connectivity index (χ1n) is 3.66. The van der Waals surface area contributed by atoms with E-state index in [1.165, 1.54) is 6.92 Å². The molecule has 0 saturated carbocycles. The lowest BCUT2D eigenvalue weighted by Gasteiger charge is -2.23. The Morgan fingerprint density at radius 3 is 2.45 bits per heavy atom. The summed E-state index contributed by atoms with van der Waals surface area (Å²) >= 11 is 0. The standard InChI is InChI=1S/C7H12O4/c1-3-7(11-6(2)8)9-4-5-10-7/h3-5H2,1-2H3. The topological polar surface area (TPSA) is 44.8 Å². The van der Waals surface area contributed by atoms with E-state index >= 15 is 0 Å². The minimum Gasteiger partial charge on any atom is -0.408 e. The number of rotatable bonds is 2. The number of carbonyl (C=O) groups is 1. The van der Waals surface area contributed by atoms with Crippen molar-refractivity contribution < 1.29 is 19.0 Å². The molecule has 0 aromatic rings. The third-order valence-electron chi connectivity index (χ3n) is 1.46. The van der Waals surface area contributed by atoms with Crippen molar-refractivity contribution in [1.82, 2.24) is 0 Å². The molecular weight excluding hydrogens is 148 g/mol. The fraction of sp³-hybridized carbons (Fsp3) is 0.857. The monoisotopic (exact) mass is 160 g/mol. The Kier molecular flexibility index (Phi) is 2.46. The van der Waals surface area contributed by atoms with Gasteiger partial charge < -0.3 is 14.2 Å². The smallest absolute Gasteiger partial charge is 0.329 e. The molecule has 11 heavy (non-hydrogen) atoms. The van der Waals surface area contributed by atoms with Gasteiger partial charge in [0.2, 0.25) is 0 Å². The van der Waals surface area contributed by atoms with Crippen molar-refractivity contribution >= 4 is 5.97 Å². The summed E-state index contributed by atoms with van der Waals surface area (Å²) in [5.74, 6) is -1.47. The molecule has 4 heteroatoms. The Morgan fingerprint density at radius 1 is 1.55 bits per heavy atom. The van der Waals surface area contributed by atoms with Gasteiger partial charge in [-0.15, -0.1) is 0 Å². The molecule has 1 aliphatic heterocycles. The Morgan fingerprint density at radius 2 is 2.09 bits per heavy atom. The molecular formula is C7H12O4. The van der Waals surface area contributed by atoms with Crippen molar-refractivity contribution in [2.75, 3.05) is 13.2 Å². The first-order chi connectivity index (χ1) is 5.18. The summed E-state index contributed by atoms with van der Waals surface area (Å²) in [5, 5.41) is 0. The molecule has 0 amide bonds. The highest BCUT2D eigenvalue weighted by Gasteiger charge is 2.38. The van der Waals surface area contributed by atoms with Gasteiger partial charge in [-0.2, -0.15) is 0 Å². The maximum Gasteiger partial charge on any atom is 0.329 e. The number of hydrogen-bond acceptors (Lipinski definition) is 4. The lowest BCUT2D eigenvalue weighted by Crippen LogP contribution is -2.34. The van der Waals surface area contributed by atoms with Crippen LogP contribution in [0, 0.1) is 0 Å². The third-order valence-corrected chi connectivity index (χ3v) is 1.46. The van der Waals surface area contributed by atoms with Crippen LogP contribution in [0.2, 0.25) is 0 Å². The fourth-order valence-corrected chi connectivity index (χ4v) is 0.990. The maximum atomic E-state index is 10.6. The van der Waals surface area contributed by atoms with E-state index in [0.717, 1.165) is 0 Å². The molecule has 0 atom stereocenters. The zero-order chi connectivity index (χ0) is 8.32. The molecule has 1 rings (SSSR count). The second kappa shape index (κ2) is 3.19. The summed E-state index contributed by atoms with van der Waals surface area (Å²) in [6.07, 6.45) is 0.520. The van der Waals surface area contributed by atoms with Crippen LogP contribution in [0.1, 0.15) is 20.3 Å². The maximum absolute atomic E-state index is 10.6. The predicted octanol–water partition coefficient (Wildman–Crippen LogP) is 0.660. The highest BCUT2D eigenvalue weighted by Crippen LogP contribution is 2.24. The van der Waals surface area contributed by atoms with Crippen LogP contribution in [0.5, 0.6) is 0 Å². The van der Waals surface area contributed by atoms with Crippen LogP contribution in [-0.2, 0) is 19.0 Å². The SMILES string of the molecule is CCC1(OC(C)=O)OCCO1. The first kappa shape index (κ1) is 8.49. The van der Waals surface area contributed by atoms with Crippen molar-refractivity contribution in [2.45, 2.75) is 26.2 Å². The lowest BCUT2D eigenvalue weighted by atomic mass is 10.4. The zero-order valence-corrected chi connectivity index (χ0v) is 6.75. The van der Waals surface area contributed by atoms with Crippen molar-refractivity contribution in [1.29, 1.82) is 0 Å². The van der Waals surface area contributed by atoms with Gasteiger partial charge in [-0.3, -0.25) is 4.79 Å². The highest BCUT2D eigenvalue weighted by molar-refractivity contribution is 5.66. The average molecular weight is 160 g/mol. The molecule has 4 nitrogen and oxygen atoms in total. The fourth-order valence-electron chi connectivity index (χ4n) is 0.990. The second-order valence-corrected chi connectivity index (χ2v) is 2.33. The second-order valence-electron chi connectivity index (χ2n) is 2.33. The van der Waals surface area contributed by atoms with Gasteiger partial charge in [-0.25, -0.2) is 0 Å². The first-order valence-corrected chi connectivity index (χ1v) is 3.66. The third kappa shape index (κ3) is 1.91. The van der Waals surface area contributed by atoms with Crippen LogP contribution in [-0.4, -0.2) is 25.2 Å². The summed E-state index contributed by atoms with van der Waals surface area (Å²) in [5.41, 5.74) is 0.